The van der Waals surface area contributed by atoms with Crippen LogP contribution in [0.3, 0.4) is 0 Å². The van der Waals surface area contributed by atoms with E-state index in [1.165, 1.54) is 25.7 Å². The first kappa shape index (κ1) is 19.6. The van der Waals surface area contributed by atoms with Crippen LogP contribution in [0.1, 0.15) is 48.7 Å². The molecule has 2 fully saturated rings. The summed E-state index contributed by atoms with van der Waals surface area (Å²) < 4.78 is 10.6. The summed E-state index contributed by atoms with van der Waals surface area (Å²) >= 11 is 0. The highest BCUT2D eigenvalue weighted by atomic mass is 16.5. The summed E-state index contributed by atoms with van der Waals surface area (Å²) in [6.07, 6.45) is 6.74. The van der Waals surface area contributed by atoms with E-state index in [9.17, 15) is 9.59 Å². The van der Waals surface area contributed by atoms with E-state index in [1.54, 1.807) is 24.5 Å². The van der Waals surface area contributed by atoms with Crippen molar-refractivity contribution in [2.45, 2.75) is 45.2 Å². The highest BCUT2D eigenvalue weighted by Gasteiger charge is 2.42. The summed E-state index contributed by atoms with van der Waals surface area (Å²) in [6.45, 7) is 2.26. The van der Waals surface area contributed by atoms with Gasteiger partial charge in [-0.3, -0.25) is 4.79 Å². The zero-order chi connectivity index (χ0) is 20.2. The second-order valence-electron chi connectivity index (χ2n) is 8.25. The number of para-hydroxylation sites is 1. The summed E-state index contributed by atoms with van der Waals surface area (Å²) in [6, 6.07) is 10.9. The predicted molar refractivity (Wildman–Crippen MR) is 109 cm³/mol. The van der Waals surface area contributed by atoms with Crippen molar-refractivity contribution >= 4 is 17.6 Å². The molecule has 2 N–H and O–H groups in total. The van der Waals surface area contributed by atoms with Gasteiger partial charge in [-0.25, -0.2) is 4.79 Å². The minimum absolute atomic E-state index is 0.124. The fraction of sp³-hybridized carbons (Fsp3) is 0.478. The fourth-order valence-electron chi connectivity index (χ4n) is 4.93. The van der Waals surface area contributed by atoms with Gasteiger partial charge in [0, 0.05) is 11.7 Å². The maximum Gasteiger partial charge on any atom is 0.340 e. The van der Waals surface area contributed by atoms with Crippen LogP contribution in [0.25, 0.3) is 0 Å². The van der Waals surface area contributed by atoms with Crippen molar-refractivity contribution in [2.75, 3.05) is 11.9 Å². The molecule has 2 bridgehead atoms. The van der Waals surface area contributed by atoms with Gasteiger partial charge in [-0.15, -0.1) is 0 Å². The normalized spacial score (nSPS) is 23.6. The maximum atomic E-state index is 12.5. The standard InChI is InChI=1S/C23H28N2O4/c1-15(20-12-16-8-9-17(20)11-16)25-22(26)14-29-23(27)19-6-2-3-7-21(19)24-13-18-5-4-10-28-18/h2-7,10,15-17,20,24H,8-9,11-14H2,1H3,(H,25,26). The van der Waals surface area contributed by atoms with E-state index in [2.05, 4.69) is 17.6 Å². The van der Waals surface area contributed by atoms with E-state index in [-0.39, 0.29) is 18.6 Å². The number of benzene rings is 1. The van der Waals surface area contributed by atoms with Gasteiger partial charge in [0.1, 0.15) is 5.76 Å². The molecule has 4 unspecified atom stereocenters. The monoisotopic (exact) mass is 396 g/mol. The SMILES string of the molecule is CC(NC(=O)COC(=O)c1ccccc1NCc1ccco1)C1CC2CCC1C2. The third-order valence-corrected chi connectivity index (χ3v) is 6.34. The molecule has 0 spiro atoms. The second-order valence-corrected chi connectivity index (χ2v) is 8.25. The molecular formula is C23H28N2O4. The third-order valence-electron chi connectivity index (χ3n) is 6.34. The van der Waals surface area contributed by atoms with E-state index < -0.39 is 5.97 Å². The number of esters is 1. The molecule has 0 aliphatic heterocycles. The zero-order valence-electron chi connectivity index (χ0n) is 16.7. The van der Waals surface area contributed by atoms with Crippen molar-refractivity contribution in [2.24, 2.45) is 17.8 Å². The molecule has 4 atom stereocenters. The molecule has 1 amide bonds. The van der Waals surface area contributed by atoms with Crippen molar-refractivity contribution in [1.82, 2.24) is 5.32 Å². The Labute approximate surface area is 171 Å². The van der Waals surface area contributed by atoms with Crippen molar-refractivity contribution in [1.29, 1.82) is 0 Å². The average molecular weight is 396 g/mol. The van der Waals surface area contributed by atoms with Gasteiger partial charge < -0.3 is 19.8 Å². The molecule has 29 heavy (non-hydrogen) atoms. The molecule has 154 valence electrons. The minimum Gasteiger partial charge on any atom is -0.467 e. The number of hydrogen-bond acceptors (Lipinski definition) is 5. The molecule has 0 radical (unpaired) electrons. The fourth-order valence-corrected chi connectivity index (χ4v) is 4.93. The van der Waals surface area contributed by atoms with Gasteiger partial charge in [-0.2, -0.15) is 0 Å². The number of amides is 1. The molecule has 4 rings (SSSR count). The highest BCUT2D eigenvalue weighted by Crippen LogP contribution is 2.49. The van der Waals surface area contributed by atoms with Gasteiger partial charge in [0.15, 0.2) is 6.61 Å². The average Bonchev–Trinajstić information content (AvgIpc) is 3.49. The number of ether oxygens (including phenoxy) is 1. The Hall–Kier alpha value is -2.76. The molecule has 1 aromatic carbocycles. The Morgan fingerprint density at radius 3 is 2.76 bits per heavy atom. The van der Waals surface area contributed by atoms with E-state index in [4.69, 9.17) is 9.15 Å². The number of anilines is 1. The van der Waals surface area contributed by atoms with Crippen LogP contribution < -0.4 is 10.6 Å². The van der Waals surface area contributed by atoms with Gasteiger partial charge in [0.2, 0.25) is 0 Å². The molecule has 6 nitrogen and oxygen atoms in total. The molecule has 2 saturated carbocycles. The summed E-state index contributed by atoms with van der Waals surface area (Å²) in [5.41, 5.74) is 1.04. The lowest BCUT2D eigenvalue weighted by Gasteiger charge is -2.28. The summed E-state index contributed by atoms with van der Waals surface area (Å²) in [5.74, 6) is 2.14. The summed E-state index contributed by atoms with van der Waals surface area (Å²) in [5, 5.41) is 6.20. The summed E-state index contributed by atoms with van der Waals surface area (Å²) in [4.78, 5) is 24.8. The first-order valence-corrected chi connectivity index (χ1v) is 10.4. The number of rotatable bonds is 8. The topological polar surface area (TPSA) is 80.6 Å². The molecule has 2 aliphatic carbocycles. The van der Waals surface area contributed by atoms with Crippen LogP contribution in [0, 0.1) is 17.8 Å². The van der Waals surface area contributed by atoms with Crippen LogP contribution in [0.15, 0.2) is 47.1 Å². The van der Waals surface area contributed by atoms with Crippen LogP contribution in [0.4, 0.5) is 5.69 Å². The second kappa shape index (κ2) is 8.72. The maximum absolute atomic E-state index is 12.5. The number of hydrogen-bond donors (Lipinski definition) is 2. The number of carbonyl (C=O) groups excluding carboxylic acids is 2. The number of fused-ring (bicyclic) bond motifs is 2. The Balaban J connectivity index is 1.27. The molecule has 2 aromatic rings. The first-order chi connectivity index (χ1) is 14.1. The van der Waals surface area contributed by atoms with Crippen molar-refractivity contribution in [3.05, 3.63) is 54.0 Å². The molecule has 1 aromatic heterocycles. The van der Waals surface area contributed by atoms with Crippen molar-refractivity contribution in [3.63, 3.8) is 0 Å². The van der Waals surface area contributed by atoms with Crippen LogP contribution in [0.5, 0.6) is 0 Å². The number of carbonyl (C=O) groups is 2. The number of nitrogens with one attached hydrogen (secondary N) is 2. The van der Waals surface area contributed by atoms with E-state index in [0.29, 0.717) is 23.7 Å². The Morgan fingerprint density at radius 1 is 1.17 bits per heavy atom. The van der Waals surface area contributed by atoms with Crippen LogP contribution in [-0.2, 0) is 16.1 Å². The zero-order valence-corrected chi connectivity index (χ0v) is 16.7. The Bertz CT molecular complexity index is 848. The van der Waals surface area contributed by atoms with Gasteiger partial charge >= 0.3 is 5.97 Å². The summed E-state index contributed by atoms with van der Waals surface area (Å²) in [7, 11) is 0. The first-order valence-electron chi connectivity index (χ1n) is 10.4. The largest absolute Gasteiger partial charge is 0.467 e. The highest BCUT2D eigenvalue weighted by molar-refractivity contribution is 5.96. The van der Waals surface area contributed by atoms with Gasteiger partial charge in [-0.1, -0.05) is 18.6 Å². The Kier molecular flexibility index (Phi) is 5.88. The van der Waals surface area contributed by atoms with E-state index in [0.717, 1.165) is 17.6 Å². The lowest BCUT2D eigenvalue weighted by Crippen LogP contribution is -2.42. The van der Waals surface area contributed by atoms with Gasteiger partial charge in [-0.05, 0) is 68.2 Å². The number of furan rings is 1. The van der Waals surface area contributed by atoms with Gasteiger partial charge in [0.05, 0.1) is 18.4 Å². The minimum atomic E-state index is -0.518. The molecule has 2 aliphatic rings. The Morgan fingerprint density at radius 2 is 2.03 bits per heavy atom. The molecule has 1 heterocycles. The quantitative estimate of drug-likeness (QED) is 0.660. The smallest absolute Gasteiger partial charge is 0.340 e. The lowest BCUT2D eigenvalue weighted by atomic mass is 9.84. The van der Waals surface area contributed by atoms with Crippen LogP contribution in [-0.4, -0.2) is 24.5 Å². The van der Waals surface area contributed by atoms with Crippen LogP contribution >= 0.6 is 0 Å². The van der Waals surface area contributed by atoms with Crippen molar-refractivity contribution < 1.29 is 18.7 Å². The molecule has 0 saturated heterocycles. The predicted octanol–water partition coefficient (Wildman–Crippen LogP) is 3.99. The third kappa shape index (κ3) is 4.63. The van der Waals surface area contributed by atoms with Crippen LogP contribution in [0.2, 0.25) is 0 Å². The molecular weight excluding hydrogens is 368 g/mol. The lowest BCUT2D eigenvalue weighted by molar-refractivity contribution is -0.125. The van der Waals surface area contributed by atoms with E-state index >= 15 is 0 Å². The van der Waals surface area contributed by atoms with Gasteiger partial charge in [0.25, 0.3) is 5.91 Å². The van der Waals surface area contributed by atoms with Crippen molar-refractivity contribution in [3.8, 4) is 0 Å². The van der Waals surface area contributed by atoms with E-state index in [1.807, 2.05) is 18.2 Å². The molecule has 6 heteroatoms.